The minimum atomic E-state index is -0.613. The molecule has 2 saturated heterocycles. The molecule has 2 aromatic carbocycles. The van der Waals surface area contributed by atoms with Crippen molar-refractivity contribution in [1.29, 1.82) is 0 Å². The van der Waals surface area contributed by atoms with Crippen molar-refractivity contribution in [2.24, 2.45) is 13.0 Å². The fraction of sp³-hybridized carbons (Fsp3) is 0.462. The van der Waals surface area contributed by atoms with Gasteiger partial charge in [-0.05, 0) is 68.0 Å². The van der Waals surface area contributed by atoms with Gasteiger partial charge >= 0.3 is 0 Å². The van der Waals surface area contributed by atoms with Crippen LogP contribution in [0, 0.1) is 17.6 Å². The number of aldehydes is 1. The Kier molecular flexibility index (Phi) is 11.9. The standard InChI is InChI=1S/C39H48F2N8O5/c1-42-36(51)8-6-27(23-50)44-26-5-7-34(33(41)19-26)49-15-9-24(10-16-49)38(52)47(3)28-11-13-48(14-12-28)22-31-32(40)17-25(18-35(31)54-4)30-21-46(2)39(53)37-29(30)20-43-45-37/h5,7,17-21,23-24,27-28,44H,6,8-16,22H2,1-4H3,(H,42,51)(H,43,45). The molecule has 6 rings (SSSR count). The van der Waals surface area contributed by atoms with Crippen LogP contribution in [0.1, 0.15) is 44.1 Å². The lowest BCUT2D eigenvalue weighted by atomic mass is 9.93. The third-order valence-corrected chi connectivity index (χ3v) is 10.9. The summed E-state index contributed by atoms with van der Waals surface area (Å²) in [6, 6.07) is 7.47. The van der Waals surface area contributed by atoms with Crippen molar-refractivity contribution < 1.29 is 27.9 Å². The summed E-state index contributed by atoms with van der Waals surface area (Å²) in [5.74, 6) is -0.630. The number of aryl methyl sites for hydroxylation is 1. The first-order valence-corrected chi connectivity index (χ1v) is 18.4. The van der Waals surface area contributed by atoms with Crippen LogP contribution in [0.3, 0.4) is 0 Å². The van der Waals surface area contributed by atoms with Crippen LogP contribution < -0.4 is 25.8 Å². The third kappa shape index (κ3) is 8.25. The van der Waals surface area contributed by atoms with Crippen molar-refractivity contribution in [2.75, 3.05) is 57.6 Å². The molecule has 0 saturated carbocycles. The number of carbonyl (C=O) groups excluding carboxylic acids is 3. The van der Waals surface area contributed by atoms with Crippen molar-refractivity contribution in [3.8, 4) is 16.9 Å². The van der Waals surface area contributed by atoms with E-state index in [-0.39, 0.29) is 35.8 Å². The lowest BCUT2D eigenvalue weighted by molar-refractivity contribution is -0.138. The highest BCUT2D eigenvalue weighted by Crippen LogP contribution is 2.34. The van der Waals surface area contributed by atoms with Crippen molar-refractivity contribution in [3.05, 3.63) is 70.3 Å². The number of halogens is 2. The van der Waals surface area contributed by atoms with E-state index in [1.165, 1.54) is 30.9 Å². The Bertz CT molecular complexity index is 2050. The molecule has 0 radical (unpaired) electrons. The number of methoxy groups -OCH3 is 1. The fourth-order valence-electron chi connectivity index (χ4n) is 7.66. The molecule has 2 fully saturated rings. The molecule has 4 heterocycles. The molecule has 2 aliphatic rings. The molecule has 2 aromatic heterocycles. The Morgan fingerprint density at radius 2 is 1.83 bits per heavy atom. The summed E-state index contributed by atoms with van der Waals surface area (Å²) in [6.45, 7) is 2.81. The van der Waals surface area contributed by atoms with E-state index in [2.05, 4.69) is 25.7 Å². The van der Waals surface area contributed by atoms with Gasteiger partial charge in [0.15, 0.2) is 0 Å². The molecule has 288 valence electrons. The number of carbonyl (C=O) groups is 3. The maximum atomic E-state index is 15.8. The van der Waals surface area contributed by atoms with Crippen LogP contribution in [0.5, 0.6) is 5.75 Å². The maximum absolute atomic E-state index is 15.8. The van der Waals surface area contributed by atoms with E-state index in [1.54, 1.807) is 37.6 Å². The number of pyridine rings is 1. The molecule has 2 aliphatic heterocycles. The Morgan fingerprint density at radius 1 is 1.09 bits per heavy atom. The van der Waals surface area contributed by atoms with Crippen molar-refractivity contribution in [1.82, 2.24) is 29.9 Å². The minimum Gasteiger partial charge on any atom is -0.496 e. The highest BCUT2D eigenvalue weighted by atomic mass is 19.1. The maximum Gasteiger partial charge on any atom is 0.276 e. The number of piperidine rings is 2. The number of aromatic amines is 1. The van der Waals surface area contributed by atoms with E-state index in [9.17, 15) is 19.2 Å². The van der Waals surface area contributed by atoms with Crippen molar-refractivity contribution in [2.45, 2.75) is 57.2 Å². The molecule has 4 aromatic rings. The zero-order chi connectivity index (χ0) is 38.5. The Balaban J connectivity index is 1.00. The zero-order valence-corrected chi connectivity index (χ0v) is 31.2. The molecule has 0 spiro atoms. The molecular formula is C39H48F2N8O5. The molecule has 15 heteroatoms. The third-order valence-electron chi connectivity index (χ3n) is 10.9. The minimum absolute atomic E-state index is 0.0621. The first-order chi connectivity index (χ1) is 26.0. The van der Waals surface area contributed by atoms with Gasteiger partial charge in [-0.15, -0.1) is 0 Å². The number of benzene rings is 2. The highest BCUT2D eigenvalue weighted by molar-refractivity contribution is 5.93. The Labute approximate surface area is 312 Å². The SMILES string of the molecule is CNC(=O)CCC(C=O)Nc1ccc(N2CCC(C(=O)N(C)C3CCN(Cc4c(F)cc(-c5cn(C)c(=O)c6[nH]ncc56)cc4OC)CC3)CC2)c(F)c1. The second kappa shape index (κ2) is 16.8. The van der Waals surface area contributed by atoms with Crippen LogP contribution in [-0.2, 0) is 28.0 Å². The molecule has 54 heavy (non-hydrogen) atoms. The number of H-pyrrole nitrogens is 1. The van der Waals surface area contributed by atoms with Gasteiger partial charge in [0, 0.05) is 101 Å². The summed E-state index contributed by atoms with van der Waals surface area (Å²) < 4.78 is 38.1. The number of hydrogen-bond donors (Lipinski definition) is 3. The van der Waals surface area contributed by atoms with Gasteiger partial charge in [0.1, 0.15) is 29.2 Å². The van der Waals surface area contributed by atoms with Gasteiger partial charge in [0.25, 0.3) is 5.56 Å². The average Bonchev–Trinajstić information content (AvgIpc) is 3.69. The van der Waals surface area contributed by atoms with E-state index in [0.29, 0.717) is 103 Å². The van der Waals surface area contributed by atoms with Crippen LogP contribution in [0.4, 0.5) is 20.2 Å². The van der Waals surface area contributed by atoms with Crippen molar-refractivity contribution in [3.63, 3.8) is 0 Å². The molecular weight excluding hydrogens is 698 g/mol. The molecule has 3 N–H and O–H groups in total. The fourth-order valence-corrected chi connectivity index (χ4v) is 7.66. The normalized spacial score (nSPS) is 16.3. The van der Waals surface area contributed by atoms with Crippen LogP contribution >= 0.6 is 0 Å². The largest absolute Gasteiger partial charge is 0.496 e. The van der Waals surface area contributed by atoms with Crippen LogP contribution in [-0.4, -0.2) is 102 Å². The summed E-state index contributed by atoms with van der Waals surface area (Å²) >= 11 is 0. The summed E-state index contributed by atoms with van der Waals surface area (Å²) in [6.07, 6.45) is 7.14. The first-order valence-electron chi connectivity index (χ1n) is 18.4. The molecule has 13 nitrogen and oxygen atoms in total. The van der Waals surface area contributed by atoms with E-state index in [4.69, 9.17) is 4.74 Å². The molecule has 1 unspecified atom stereocenters. The van der Waals surface area contributed by atoms with Crippen LogP contribution in [0.2, 0.25) is 0 Å². The summed E-state index contributed by atoms with van der Waals surface area (Å²) in [5.41, 5.74) is 2.74. The van der Waals surface area contributed by atoms with Gasteiger partial charge in [-0.1, -0.05) is 0 Å². The topological polar surface area (TPSA) is 145 Å². The number of hydrogen-bond acceptors (Lipinski definition) is 9. The van der Waals surface area contributed by atoms with E-state index < -0.39 is 17.7 Å². The van der Waals surface area contributed by atoms with Gasteiger partial charge in [-0.2, -0.15) is 5.10 Å². The monoisotopic (exact) mass is 746 g/mol. The predicted octanol–water partition coefficient (Wildman–Crippen LogP) is 4.06. The number of nitrogens with one attached hydrogen (secondary N) is 3. The van der Waals surface area contributed by atoms with E-state index in [0.717, 1.165) is 12.8 Å². The first kappa shape index (κ1) is 38.4. The number of rotatable bonds is 13. The molecule has 1 atom stereocenters. The Morgan fingerprint density at radius 3 is 2.50 bits per heavy atom. The summed E-state index contributed by atoms with van der Waals surface area (Å²) in [4.78, 5) is 55.1. The average molecular weight is 747 g/mol. The van der Waals surface area contributed by atoms with Gasteiger partial charge in [-0.3, -0.25) is 24.4 Å². The number of ether oxygens (including phenoxy) is 1. The van der Waals surface area contributed by atoms with Crippen LogP contribution in [0.15, 0.2) is 47.5 Å². The number of likely N-dealkylation sites (tertiary alicyclic amines) is 1. The number of nitrogens with zero attached hydrogens (tertiary/aromatic N) is 5. The molecule has 0 bridgehead atoms. The second-order valence-electron chi connectivity index (χ2n) is 14.2. The lowest BCUT2D eigenvalue weighted by Gasteiger charge is -2.40. The molecule has 0 aliphatic carbocycles. The second-order valence-corrected chi connectivity index (χ2v) is 14.2. The number of amides is 2. The Hall–Kier alpha value is -5.31. The summed E-state index contributed by atoms with van der Waals surface area (Å²) in [5, 5.41) is 12.9. The lowest BCUT2D eigenvalue weighted by Crippen LogP contribution is -2.49. The van der Waals surface area contributed by atoms with Crippen LogP contribution in [0.25, 0.3) is 22.0 Å². The van der Waals surface area contributed by atoms with Crippen molar-refractivity contribution >= 4 is 40.4 Å². The quantitative estimate of drug-likeness (QED) is 0.173. The van der Waals surface area contributed by atoms with Gasteiger partial charge in [0.05, 0.1) is 25.0 Å². The smallest absolute Gasteiger partial charge is 0.276 e. The predicted molar refractivity (Wildman–Crippen MR) is 202 cm³/mol. The number of fused-ring (bicyclic) bond motifs is 1. The summed E-state index contributed by atoms with van der Waals surface area (Å²) in [7, 11) is 6.55. The van der Waals surface area contributed by atoms with Gasteiger partial charge < -0.3 is 34.5 Å². The number of aromatic nitrogens is 3. The van der Waals surface area contributed by atoms with Gasteiger partial charge in [-0.25, -0.2) is 8.78 Å². The number of anilines is 2. The van der Waals surface area contributed by atoms with E-state index in [1.807, 2.05) is 16.8 Å². The highest BCUT2D eigenvalue weighted by Gasteiger charge is 2.33. The zero-order valence-electron chi connectivity index (χ0n) is 31.2. The van der Waals surface area contributed by atoms with E-state index >= 15 is 8.78 Å². The molecule has 2 amide bonds. The van der Waals surface area contributed by atoms with Gasteiger partial charge in [0.2, 0.25) is 11.8 Å².